The van der Waals surface area contributed by atoms with Gasteiger partial charge in [0.05, 0.1) is 0 Å². The molecule has 0 saturated carbocycles. The summed E-state index contributed by atoms with van der Waals surface area (Å²) >= 11 is 0. The molecule has 1 aromatic rings. The number of hydrogen-bond acceptors (Lipinski definition) is 1. The first kappa shape index (κ1) is 17.4. The Morgan fingerprint density at radius 3 is 2.00 bits per heavy atom. The van der Waals surface area contributed by atoms with Crippen molar-refractivity contribution >= 4 is 24.8 Å². The molecule has 1 rings (SSSR count). The van der Waals surface area contributed by atoms with Crippen molar-refractivity contribution in [3.63, 3.8) is 0 Å². The van der Waals surface area contributed by atoms with Gasteiger partial charge in [0.1, 0.15) is 5.75 Å². The Kier molecular flexibility index (Phi) is 13.3. The predicted octanol–water partition coefficient (Wildman–Crippen LogP) is 2.54. The molecule has 0 aliphatic rings. The molecule has 0 unspecified atom stereocenters. The minimum absolute atomic E-state index is 0. The summed E-state index contributed by atoms with van der Waals surface area (Å²) in [4.78, 5) is 0. The van der Waals surface area contributed by atoms with E-state index in [0.717, 1.165) is 5.56 Å². The maximum Gasteiger partial charge on any atom is 0.115 e. The first-order valence-electron chi connectivity index (χ1n) is 2.54. The zero-order valence-corrected chi connectivity index (χ0v) is 9.27. The van der Waals surface area contributed by atoms with Crippen molar-refractivity contribution in [2.24, 2.45) is 0 Å². The van der Waals surface area contributed by atoms with E-state index in [2.05, 4.69) is 0 Å². The number of phenolic OH excluding ortho intramolecular Hbond substituents is 1. The summed E-state index contributed by atoms with van der Waals surface area (Å²) < 4.78 is 0. The van der Waals surface area contributed by atoms with E-state index in [4.69, 9.17) is 5.11 Å². The second kappa shape index (κ2) is 8.41. The molecule has 62 valence electrons. The molecule has 1 N–H and O–H groups in total. The fourth-order valence-corrected chi connectivity index (χ4v) is 0.628. The average molecular weight is 229 g/mol. The number of aromatic hydroxyl groups is 1. The number of phenols is 1. The minimum atomic E-state index is 0. The van der Waals surface area contributed by atoms with Crippen LogP contribution >= 0.6 is 24.8 Å². The zero-order valence-electron chi connectivity index (χ0n) is 6.07. The Hall–Kier alpha value is 0.314. The maximum atomic E-state index is 8.81. The van der Waals surface area contributed by atoms with Crippen LogP contribution in [0.3, 0.4) is 0 Å². The fraction of sp³-hybridized carbons (Fsp3) is 0.143. The van der Waals surface area contributed by atoms with E-state index < -0.39 is 0 Å². The van der Waals surface area contributed by atoms with E-state index in [9.17, 15) is 0 Å². The monoisotopic (exact) mass is 228 g/mol. The van der Waals surface area contributed by atoms with Gasteiger partial charge in [-0.3, -0.25) is 0 Å². The van der Waals surface area contributed by atoms with Crippen LogP contribution in [0.4, 0.5) is 0 Å². The van der Waals surface area contributed by atoms with Crippen molar-refractivity contribution in [1.82, 2.24) is 0 Å². The molecular formula is C7H10Cl2OTi. The molecule has 0 bridgehead atoms. The van der Waals surface area contributed by atoms with E-state index in [1.54, 1.807) is 12.1 Å². The van der Waals surface area contributed by atoms with Gasteiger partial charge in [-0.2, -0.15) is 0 Å². The van der Waals surface area contributed by atoms with Gasteiger partial charge < -0.3 is 5.11 Å². The quantitative estimate of drug-likeness (QED) is 0.677. The molecule has 0 aliphatic heterocycles. The van der Waals surface area contributed by atoms with E-state index in [1.807, 2.05) is 19.1 Å². The van der Waals surface area contributed by atoms with Crippen LogP contribution in [0.5, 0.6) is 5.75 Å². The van der Waals surface area contributed by atoms with Crippen molar-refractivity contribution in [1.29, 1.82) is 0 Å². The second-order valence-corrected chi connectivity index (χ2v) is 1.84. The van der Waals surface area contributed by atoms with Crippen LogP contribution in [0.15, 0.2) is 24.3 Å². The molecule has 0 atom stereocenters. The van der Waals surface area contributed by atoms with Crippen molar-refractivity contribution < 1.29 is 26.8 Å². The Morgan fingerprint density at radius 2 is 1.73 bits per heavy atom. The van der Waals surface area contributed by atoms with E-state index >= 15 is 0 Å². The minimum Gasteiger partial charge on any atom is -0.508 e. The number of rotatable bonds is 0. The first-order valence-corrected chi connectivity index (χ1v) is 2.54. The van der Waals surface area contributed by atoms with Gasteiger partial charge in [0.2, 0.25) is 0 Å². The summed E-state index contributed by atoms with van der Waals surface area (Å²) in [5.41, 5.74) is 1.09. The molecular weight excluding hydrogens is 219 g/mol. The Morgan fingerprint density at radius 1 is 1.18 bits per heavy atom. The van der Waals surface area contributed by atoms with Gasteiger partial charge in [-0.15, -0.1) is 24.8 Å². The summed E-state index contributed by atoms with van der Waals surface area (Å²) in [7, 11) is 0. The largest absolute Gasteiger partial charge is 0.508 e. The van der Waals surface area contributed by atoms with Gasteiger partial charge in [0, 0.05) is 21.7 Å². The van der Waals surface area contributed by atoms with Crippen LogP contribution in [-0.2, 0) is 21.7 Å². The molecule has 11 heavy (non-hydrogen) atoms. The molecule has 0 radical (unpaired) electrons. The van der Waals surface area contributed by atoms with Crippen LogP contribution in [-0.4, -0.2) is 5.11 Å². The molecule has 0 aromatic heterocycles. The van der Waals surface area contributed by atoms with Gasteiger partial charge >= 0.3 is 0 Å². The second-order valence-electron chi connectivity index (χ2n) is 1.84. The van der Waals surface area contributed by atoms with Crippen molar-refractivity contribution in [3.05, 3.63) is 29.8 Å². The maximum absolute atomic E-state index is 8.81. The summed E-state index contributed by atoms with van der Waals surface area (Å²) in [6.45, 7) is 1.94. The molecule has 4 heteroatoms. The first-order chi connectivity index (χ1) is 3.79. The Bertz CT molecular complexity index is 176. The van der Waals surface area contributed by atoms with Crippen molar-refractivity contribution in [2.45, 2.75) is 6.92 Å². The van der Waals surface area contributed by atoms with Crippen LogP contribution < -0.4 is 0 Å². The number of benzene rings is 1. The molecule has 1 aromatic carbocycles. The normalized spacial score (nSPS) is 6.64. The summed E-state index contributed by atoms with van der Waals surface area (Å²) in [5.74, 6) is 0.338. The molecule has 0 amide bonds. The molecule has 1 nitrogen and oxygen atoms in total. The summed E-state index contributed by atoms with van der Waals surface area (Å²) in [6, 6.07) is 7.15. The van der Waals surface area contributed by atoms with Gasteiger partial charge in [-0.05, 0) is 24.6 Å². The van der Waals surface area contributed by atoms with E-state index in [0.29, 0.717) is 5.75 Å². The van der Waals surface area contributed by atoms with Gasteiger partial charge in [-0.1, -0.05) is 12.1 Å². The van der Waals surface area contributed by atoms with E-state index in [-0.39, 0.29) is 46.5 Å². The van der Waals surface area contributed by atoms with Crippen LogP contribution in [0.1, 0.15) is 5.56 Å². The average Bonchev–Trinajstić information content (AvgIpc) is 1.64. The van der Waals surface area contributed by atoms with Crippen molar-refractivity contribution in [3.8, 4) is 5.75 Å². The predicted molar refractivity (Wildman–Crippen MR) is 47.3 cm³/mol. The van der Waals surface area contributed by atoms with Crippen molar-refractivity contribution in [2.75, 3.05) is 0 Å². The van der Waals surface area contributed by atoms with Gasteiger partial charge in [-0.25, -0.2) is 0 Å². The van der Waals surface area contributed by atoms with Gasteiger partial charge in [0.25, 0.3) is 0 Å². The summed E-state index contributed by atoms with van der Waals surface area (Å²) in [5, 5.41) is 8.81. The fourth-order valence-electron chi connectivity index (χ4n) is 0.628. The summed E-state index contributed by atoms with van der Waals surface area (Å²) in [6.07, 6.45) is 0. The molecule has 0 heterocycles. The third-order valence-electron chi connectivity index (χ3n) is 1.00. The van der Waals surface area contributed by atoms with Crippen LogP contribution in [0, 0.1) is 6.92 Å². The third-order valence-corrected chi connectivity index (χ3v) is 1.00. The Labute approximate surface area is 93.9 Å². The number of halogens is 2. The molecule has 0 aliphatic carbocycles. The molecule has 0 spiro atoms. The molecule has 0 saturated heterocycles. The zero-order chi connectivity index (χ0) is 5.98. The van der Waals surface area contributed by atoms with Crippen LogP contribution in [0.25, 0.3) is 0 Å². The number of aryl methyl sites for hydroxylation is 1. The van der Waals surface area contributed by atoms with Gasteiger partial charge in [0.15, 0.2) is 0 Å². The standard InChI is InChI=1S/C7H8O.2ClH.Ti/c1-6-3-2-4-7(8)5-6;;;/h2-5,8H,1H3;2*1H;. The third kappa shape index (κ3) is 6.70. The Balaban J connectivity index is -0.000000213. The van der Waals surface area contributed by atoms with Crippen LogP contribution in [0.2, 0.25) is 0 Å². The molecule has 0 fully saturated rings. The number of hydrogen-bond donors (Lipinski definition) is 1. The smallest absolute Gasteiger partial charge is 0.115 e. The topological polar surface area (TPSA) is 20.2 Å². The SMILES string of the molecule is Cc1cccc(O)c1.Cl.Cl.[Ti]. The van der Waals surface area contributed by atoms with E-state index in [1.165, 1.54) is 0 Å².